The van der Waals surface area contributed by atoms with Crippen molar-refractivity contribution >= 4 is 31.1 Å². The maximum absolute atomic E-state index is 14.3. The Balaban J connectivity index is 1.75. The molecule has 0 aromatic heterocycles. The van der Waals surface area contributed by atoms with Gasteiger partial charge in [0, 0.05) is 78.7 Å². The largest absolute Gasteiger partial charge is 0.456 e. The van der Waals surface area contributed by atoms with Gasteiger partial charge in [0.15, 0.2) is 0 Å². The van der Waals surface area contributed by atoms with Gasteiger partial charge in [0.25, 0.3) is 14.4 Å². The molecule has 0 radical (unpaired) electrons. The molecule has 1 heterocycles. The highest BCUT2D eigenvalue weighted by Crippen LogP contribution is 2.46. The maximum atomic E-state index is 14.3. The summed E-state index contributed by atoms with van der Waals surface area (Å²) in [5, 5.41) is 11.1. The number of carbonyl (C=O) groups is 1. The lowest BCUT2D eigenvalue weighted by Gasteiger charge is -2.35. The van der Waals surface area contributed by atoms with E-state index in [2.05, 4.69) is 112 Å². The fourth-order valence-electron chi connectivity index (χ4n) is 6.49. The lowest BCUT2D eigenvalue weighted by atomic mass is 9.90. The van der Waals surface area contributed by atoms with E-state index in [4.69, 9.17) is 18.7 Å². The second-order valence-electron chi connectivity index (χ2n) is 12.8. The van der Waals surface area contributed by atoms with E-state index >= 15 is 0 Å². The quantitative estimate of drug-likeness (QED) is 0.0475. The molecule has 0 fully saturated rings. The van der Waals surface area contributed by atoms with E-state index in [9.17, 15) is 4.79 Å². The smallest absolute Gasteiger partial charge is 0.259 e. The Hall–Kier alpha value is -3.80. The van der Waals surface area contributed by atoms with Gasteiger partial charge in [-0.05, 0) is 85.2 Å². The van der Waals surface area contributed by atoms with Crippen molar-refractivity contribution in [2.24, 2.45) is 0 Å². The van der Waals surface area contributed by atoms with Crippen LogP contribution in [0.25, 0.3) is 33.4 Å². The van der Waals surface area contributed by atoms with Crippen molar-refractivity contribution in [3.05, 3.63) is 71.6 Å². The molecular formula is C40H55N5O4P+. The summed E-state index contributed by atoms with van der Waals surface area (Å²) in [5.41, 5.74) is 5.29. The van der Waals surface area contributed by atoms with E-state index < -0.39 is 8.53 Å². The number of benzene rings is 3. The molecule has 268 valence electrons. The van der Waals surface area contributed by atoms with Crippen molar-refractivity contribution in [2.75, 3.05) is 57.9 Å². The molecule has 1 unspecified atom stereocenters. The minimum absolute atomic E-state index is 0.0925. The second kappa shape index (κ2) is 18.4. The number of rotatable bonds is 17. The molecule has 0 bridgehead atoms. The Morgan fingerprint density at radius 1 is 0.900 bits per heavy atom. The maximum Gasteiger partial charge on any atom is 0.259 e. The fourth-order valence-corrected chi connectivity index (χ4v) is 8.07. The second-order valence-corrected chi connectivity index (χ2v) is 14.3. The van der Waals surface area contributed by atoms with Crippen molar-refractivity contribution in [1.29, 1.82) is 5.26 Å². The summed E-state index contributed by atoms with van der Waals surface area (Å²) < 4.78 is 23.5. The predicted molar refractivity (Wildman–Crippen MR) is 206 cm³/mol. The Labute approximate surface area is 300 Å². The highest BCUT2D eigenvalue weighted by molar-refractivity contribution is 7.44. The monoisotopic (exact) mass is 700 g/mol. The average molecular weight is 701 g/mol. The van der Waals surface area contributed by atoms with E-state index in [1.54, 1.807) is 4.90 Å². The molecule has 1 aliphatic carbocycles. The van der Waals surface area contributed by atoms with E-state index in [0.29, 0.717) is 31.7 Å². The van der Waals surface area contributed by atoms with Crippen LogP contribution in [0.1, 0.15) is 72.2 Å². The van der Waals surface area contributed by atoms with Crippen molar-refractivity contribution in [3.63, 3.8) is 0 Å². The summed E-state index contributed by atoms with van der Waals surface area (Å²) in [4.78, 5) is 18.3. The van der Waals surface area contributed by atoms with Crippen LogP contribution in [0.2, 0.25) is 0 Å². The number of hydrogen-bond acceptors (Lipinski definition) is 7. The number of carbonyl (C=O) groups excluding carboxylic acids is 1. The molecule has 4 rings (SSSR count). The van der Waals surface area contributed by atoms with E-state index in [1.807, 2.05) is 31.3 Å². The van der Waals surface area contributed by atoms with Crippen LogP contribution in [0.5, 0.6) is 0 Å². The molecule has 2 aromatic carbocycles. The van der Waals surface area contributed by atoms with Crippen LogP contribution in [0.4, 0.5) is 5.69 Å². The molecule has 1 amide bonds. The van der Waals surface area contributed by atoms with Crippen molar-refractivity contribution < 1.29 is 18.3 Å². The zero-order chi connectivity index (χ0) is 36.4. The Morgan fingerprint density at radius 3 is 2.22 bits per heavy atom. The van der Waals surface area contributed by atoms with Crippen molar-refractivity contribution in [3.8, 4) is 28.5 Å². The average Bonchev–Trinajstić information content (AvgIpc) is 3.10. The zero-order valence-corrected chi connectivity index (χ0v) is 32.3. The summed E-state index contributed by atoms with van der Waals surface area (Å²) in [5.74, 6) is 0.687. The van der Waals surface area contributed by atoms with Gasteiger partial charge in [-0.1, -0.05) is 18.2 Å². The molecule has 0 saturated heterocycles. The molecule has 2 aromatic rings. The normalized spacial score (nSPS) is 12.2. The van der Waals surface area contributed by atoms with Crippen LogP contribution in [0.15, 0.2) is 65.1 Å². The number of nitrogens with zero attached hydrogens (tertiary/aromatic N) is 5. The summed E-state index contributed by atoms with van der Waals surface area (Å²) in [6, 6.07) is 23.2. The van der Waals surface area contributed by atoms with Crippen LogP contribution in [-0.4, -0.2) is 80.5 Å². The number of fused-ring (bicyclic) bond motifs is 2. The van der Waals surface area contributed by atoms with Crippen LogP contribution in [-0.2, 0) is 9.05 Å². The van der Waals surface area contributed by atoms with Crippen molar-refractivity contribution in [1.82, 2.24) is 14.1 Å². The topological polar surface area (TPSA) is 85.2 Å². The van der Waals surface area contributed by atoms with Crippen molar-refractivity contribution in [2.45, 2.75) is 73.9 Å². The number of likely N-dealkylation sites (N-methyl/N-ethyl adjacent to an activating group) is 1. The van der Waals surface area contributed by atoms with Gasteiger partial charge in [-0.15, -0.1) is 0 Å². The first-order valence-corrected chi connectivity index (χ1v) is 19.1. The zero-order valence-electron chi connectivity index (χ0n) is 31.4. The SMILES string of the molecule is CCN(CC)c1ccc2c(-c3ccccc3C(=O)N(C)CCOP(OCCC#N)N(C(C)C)C(C)C)c3ccc(=[N+](CC)CC)cc-3oc2c1. The third-order valence-electron chi connectivity index (χ3n) is 9.01. The minimum Gasteiger partial charge on any atom is -0.456 e. The molecule has 10 heteroatoms. The van der Waals surface area contributed by atoms with Gasteiger partial charge >= 0.3 is 0 Å². The number of amides is 1. The third kappa shape index (κ3) is 8.91. The minimum atomic E-state index is -1.39. The van der Waals surface area contributed by atoms with Gasteiger partial charge in [-0.3, -0.25) is 4.79 Å². The van der Waals surface area contributed by atoms with Crippen LogP contribution in [0.3, 0.4) is 0 Å². The van der Waals surface area contributed by atoms with Gasteiger partial charge in [0.1, 0.15) is 24.4 Å². The number of anilines is 1. The molecule has 0 saturated carbocycles. The number of nitriles is 1. The van der Waals surface area contributed by atoms with Gasteiger partial charge in [0.05, 0.1) is 31.8 Å². The molecule has 2 aliphatic rings. The lowest BCUT2D eigenvalue weighted by Crippen LogP contribution is -2.35. The number of hydrogen-bond donors (Lipinski definition) is 0. The molecular weight excluding hydrogens is 645 g/mol. The van der Waals surface area contributed by atoms with Crippen LogP contribution < -0.4 is 14.8 Å². The molecule has 1 atom stereocenters. The van der Waals surface area contributed by atoms with E-state index in [1.165, 1.54) is 0 Å². The first kappa shape index (κ1) is 39.0. The summed E-state index contributed by atoms with van der Waals surface area (Å²) in [7, 11) is 0.418. The van der Waals surface area contributed by atoms with Gasteiger partial charge in [0.2, 0.25) is 5.36 Å². The summed E-state index contributed by atoms with van der Waals surface area (Å²) in [6.07, 6.45) is 0.297. The third-order valence-corrected chi connectivity index (χ3v) is 11.1. The van der Waals surface area contributed by atoms with Crippen LogP contribution >= 0.6 is 8.53 Å². The Morgan fingerprint density at radius 2 is 1.58 bits per heavy atom. The Bertz CT molecular complexity index is 1800. The first-order chi connectivity index (χ1) is 24.1. The van der Waals surface area contributed by atoms with E-state index in [-0.39, 0.29) is 18.0 Å². The Kier molecular flexibility index (Phi) is 14.4. The van der Waals surface area contributed by atoms with Gasteiger partial charge < -0.3 is 23.3 Å². The molecule has 50 heavy (non-hydrogen) atoms. The summed E-state index contributed by atoms with van der Waals surface area (Å²) >= 11 is 0. The lowest BCUT2D eigenvalue weighted by molar-refractivity contribution is 0.0764. The molecule has 0 N–H and O–H groups in total. The van der Waals surface area contributed by atoms with Gasteiger partial charge in [-0.2, -0.15) is 5.26 Å². The fraction of sp³-hybridized carbons (Fsp3) is 0.475. The summed E-state index contributed by atoms with van der Waals surface area (Å²) in [6.45, 7) is 21.6. The van der Waals surface area contributed by atoms with Gasteiger partial charge in [-0.25, -0.2) is 9.25 Å². The first-order valence-electron chi connectivity index (χ1n) is 18.0. The van der Waals surface area contributed by atoms with E-state index in [0.717, 1.165) is 70.6 Å². The van der Waals surface area contributed by atoms with Crippen LogP contribution in [0, 0.1) is 11.3 Å². The standard InChI is InChI=1S/C40H55N5O4P/c1-10-43(11-2)31-19-21-35-37(27-31)49-38-28-32(44(12-3)13-4)20-22-36(38)39(35)33-17-14-15-18-34(33)40(46)42(9)24-26-48-50(47-25-16-23-41)45(29(5)6)30(7)8/h14-15,17-22,27-30H,10-13,16,24-26H2,1-9H3/q+1. The predicted octanol–water partition coefficient (Wildman–Crippen LogP) is 8.23. The molecule has 1 aliphatic heterocycles. The highest BCUT2D eigenvalue weighted by Gasteiger charge is 2.28. The molecule has 0 spiro atoms. The molecule has 9 nitrogen and oxygen atoms in total. The highest BCUT2D eigenvalue weighted by atomic mass is 31.2.